The highest BCUT2D eigenvalue weighted by Gasteiger charge is 2.37. The average molecular weight is 403 g/mol. The largest absolute Gasteiger partial charge is 0.448 e. The van der Waals surface area contributed by atoms with Crippen molar-refractivity contribution in [2.75, 3.05) is 0 Å². The molecule has 0 aromatic heterocycles. The molecule has 0 heterocycles. The van der Waals surface area contributed by atoms with Crippen molar-refractivity contribution in [3.63, 3.8) is 0 Å². The molecule has 0 radical (unpaired) electrons. The molecule has 2 nitrogen and oxygen atoms in total. The number of rotatable bonds is 13. The third-order valence-corrected chi connectivity index (χ3v) is 5.37. The second-order valence-corrected chi connectivity index (χ2v) is 7.82. The van der Waals surface area contributed by atoms with Gasteiger partial charge in [-0.15, -0.1) is 0 Å². The van der Waals surface area contributed by atoms with Crippen LogP contribution in [0.25, 0.3) is 0 Å². The fourth-order valence-electron chi connectivity index (χ4n) is 3.75. The fraction of sp³-hybridized carbons (Fsp3) is 0.357. The molecule has 0 saturated carbocycles. The molecular weight excluding hydrogens is 368 g/mol. The summed E-state index contributed by atoms with van der Waals surface area (Å²) in [6.45, 7) is 2.26. The lowest BCUT2D eigenvalue weighted by Gasteiger charge is -2.35. The van der Waals surface area contributed by atoms with E-state index >= 15 is 0 Å². The lowest BCUT2D eigenvalue weighted by atomic mass is 9.97. The quantitative estimate of drug-likeness (QED) is 0.212. The van der Waals surface area contributed by atoms with E-state index in [1.54, 1.807) is 0 Å². The standard InChI is InChI=1S/C28H34O2/c1-2-3-4-5-6-7-17-24-28(25-18-11-8-12-19-25,29-26-20-13-9-14-21-26)30-27-22-15-10-16-23-27/h8-16,18-23H,2-7,17,24H2,1H3. The summed E-state index contributed by atoms with van der Waals surface area (Å²) in [5.74, 6) is 0.786. The second kappa shape index (κ2) is 12.1. The molecule has 0 aliphatic carbocycles. The van der Waals surface area contributed by atoms with E-state index in [4.69, 9.17) is 9.47 Å². The van der Waals surface area contributed by atoms with Crippen LogP contribution in [-0.2, 0) is 5.79 Å². The summed E-state index contributed by atoms with van der Waals surface area (Å²) in [5.41, 5.74) is 1.05. The molecule has 0 aliphatic rings. The molecule has 0 saturated heterocycles. The highest BCUT2D eigenvalue weighted by molar-refractivity contribution is 5.29. The maximum absolute atomic E-state index is 6.61. The first-order chi connectivity index (χ1) is 14.8. The van der Waals surface area contributed by atoms with Gasteiger partial charge in [0.1, 0.15) is 11.5 Å². The van der Waals surface area contributed by atoms with Crippen LogP contribution in [0.1, 0.15) is 63.9 Å². The van der Waals surface area contributed by atoms with Crippen molar-refractivity contribution in [1.29, 1.82) is 0 Å². The van der Waals surface area contributed by atoms with Gasteiger partial charge in [0.2, 0.25) is 0 Å². The van der Waals surface area contributed by atoms with Crippen molar-refractivity contribution in [1.82, 2.24) is 0 Å². The maximum atomic E-state index is 6.61. The van der Waals surface area contributed by atoms with Gasteiger partial charge < -0.3 is 9.47 Å². The summed E-state index contributed by atoms with van der Waals surface area (Å²) in [5, 5.41) is 0. The predicted molar refractivity (Wildman–Crippen MR) is 125 cm³/mol. The molecule has 3 rings (SSSR count). The number of unbranched alkanes of at least 4 members (excludes halogenated alkanes) is 6. The van der Waals surface area contributed by atoms with Gasteiger partial charge in [-0.1, -0.05) is 112 Å². The minimum atomic E-state index is -0.854. The Bertz CT molecular complexity index is 774. The SMILES string of the molecule is CCCCCCCCCC(Oc1ccccc1)(Oc1ccccc1)c1ccccc1. The minimum absolute atomic E-state index is 0.800. The zero-order chi connectivity index (χ0) is 20.9. The number of hydrogen-bond acceptors (Lipinski definition) is 2. The molecule has 0 fully saturated rings. The summed E-state index contributed by atoms with van der Waals surface area (Å²) in [7, 11) is 0. The summed E-state index contributed by atoms with van der Waals surface area (Å²) in [6, 6.07) is 30.4. The van der Waals surface area contributed by atoms with Crippen LogP contribution >= 0.6 is 0 Å². The molecule has 0 atom stereocenters. The second-order valence-electron chi connectivity index (χ2n) is 7.82. The van der Waals surface area contributed by atoms with E-state index in [0.29, 0.717) is 0 Å². The summed E-state index contributed by atoms with van der Waals surface area (Å²) in [6.07, 6.45) is 9.58. The third-order valence-electron chi connectivity index (χ3n) is 5.37. The Morgan fingerprint density at radius 2 is 0.967 bits per heavy atom. The highest BCUT2D eigenvalue weighted by Crippen LogP contribution is 2.36. The Morgan fingerprint density at radius 3 is 1.47 bits per heavy atom. The average Bonchev–Trinajstić information content (AvgIpc) is 2.80. The van der Waals surface area contributed by atoms with Gasteiger partial charge in [-0.05, 0) is 30.7 Å². The summed E-state index contributed by atoms with van der Waals surface area (Å²) in [4.78, 5) is 0. The van der Waals surface area contributed by atoms with Crippen molar-refractivity contribution in [2.24, 2.45) is 0 Å². The van der Waals surface area contributed by atoms with E-state index in [1.807, 2.05) is 66.7 Å². The fourth-order valence-corrected chi connectivity index (χ4v) is 3.75. The summed E-state index contributed by atoms with van der Waals surface area (Å²) >= 11 is 0. The van der Waals surface area contributed by atoms with E-state index in [0.717, 1.165) is 29.9 Å². The van der Waals surface area contributed by atoms with Crippen LogP contribution in [0.5, 0.6) is 11.5 Å². The Kier molecular flexibility index (Phi) is 8.83. The number of benzene rings is 3. The summed E-state index contributed by atoms with van der Waals surface area (Å²) < 4.78 is 13.2. The van der Waals surface area contributed by atoms with Gasteiger partial charge >= 0.3 is 0 Å². The molecule has 30 heavy (non-hydrogen) atoms. The zero-order valence-electron chi connectivity index (χ0n) is 18.1. The van der Waals surface area contributed by atoms with E-state index in [1.165, 1.54) is 38.5 Å². The smallest absolute Gasteiger partial charge is 0.277 e. The Hall–Kier alpha value is -2.74. The minimum Gasteiger partial charge on any atom is -0.448 e. The Labute approximate surface area is 181 Å². The first kappa shape index (κ1) is 22.0. The van der Waals surface area contributed by atoms with E-state index < -0.39 is 5.79 Å². The lowest BCUT2D eigenvalue weighted by Crippen LogP contribution is -2.39. The first-order valence-corrected chi connectivity index (χ1v) is 11.4. The molecule has 2 heteroatoms. The molecular formula is C28H34O2. The van der Waals surface area contributed by atoms with Crippen LogP contribution < -0.4 is 9.47 Å². The van der Waals surface area contributed by atoms with Crippen LogP contribution in [0.15, 0.2) is 91.0 Å². The number of para-hydroxylation sites is 2. The van der Waals surface area contributed by atoms with Gasteiger partial charge in [0.15, 0.2) is 0 Å². The van der Waals surface area contributed by atoms with Gasteiger partial charge in [0, 0.05) is 12.0 Å². The van der Waals surface area contributed by atoms with Crippen molar-refractivity contribution >= 4 is 0 Å². The monoisotopic (exact) mass is 402 g/mol. The number of ether oxygens (including phenoxy) is 2. The van der Waals surface area contributed by atoms with E-state index in [9.17, 15) is 0 Å². The van der Waals surface area contributed by atoms with Gasteiger partial charge in [-0.2, -0.15) is 0 Å². The van der Waals surface area contributed by atoms with Gasteiger partial charge in [0.05, 0.1) is 0 Å². The molecule has 158 valence electrons. The predicted octanol–water partition coefficient (Wildman–Crippen LogP) is 8.14. The first-order valence-electron chi connectivity index (χ1n) is 11.4. The molecule has 0 bridgehead atoms. The zero-order valence-corrected chi connectivity index (χ0v) is 18.1. The van der Waals surface area contributed by atoms with Crippen molar-refractivity contribution in [3.8, 4) is 11.5 Å². The topological polar surface area (TPSA) is 18.5 Å². The van der Waals surface area contributed by atoms with Crippen LogP contribution in [-0.4, -0.2) is 0 Å². The third kappa shape index (κ3) is 6.66. The normalized spacial score (nSPS) is 11.2. The van der Waals surface area contributed by atoms with Gasteiger partial charge in [-0.25, -0.2) is 0 Å². The molecule has 0 spiro atoms. The van der Waals surface area contributed by atoms with Crippen molar-refractivity contribution in [3.05, 3.63) is 96.6 Å². The Balaban J connectivity index is 1.82. The maximum Gasteiger partial charge on any atom is 0.277 e. The van der Waals surface area contributed by atoms with Gasteiger partial charge in [-0.3, -0.25) is 0 Å². The van der Waals surface area contributed by atoms with Crippen LogP contribution in [0.3, 0.4) is 0 Å². The Morgan fingerprint density at radius 1 is 0.533 bits per heavy atom. The van der Waals surface area contributed by atoms with Crippen LogP contribution in [0.4, 0.5) is 0 Å². The molecule has 3 aromatic carbocycles. The van der Waals surface area contributed by atoms with E-state index in [-0.39, 0.29) is 0 Å². The highest BCUT2D eigenvalue weighted by atomic mass is 16.7. The van der Waals surface area contributed by atoms with E-state index in [2.05, 4.69) is 31.2 Å². The van der Waals surface area contributed by atoms with Crippen molar-refractivity contribution < 1.29 is 9.47 Å². The molecule has 0 unspecified atom stereocenters. The van der Waals surface area contributed by atoms with Gasteiger partial charge in [0.25, 0.3) is 5.79 Å². The lowest BCUT2D eigenvalue weighted by molar-refractivity contribution is -0.129. The van der Waals surface area contributed by atoms with Crippen LogP contribution in [0.2, 0.25) is 0 Å². The molecule has 0 amide bonds. The van der Waals surface area contributed by atoms with Crippen molar-refractivity contribution in [2.45, 2.75) is 64.1 Å². The molecule has 0 N–H and O–H groups in total. The van der Waals surface area contributed by atoms with Crippen LogP contribution in [0, 0.1) is 0 Å². The molecule has 3 aromatic rings. The molecule has 0 aliphatic heterocycles. The number of hydrogen-bond donors (Lipinski definition) is 0.